The van der Waals surface area contributed by atoms with Gasteiger partial charge in [0.25, 0.3) is 0 Å². The van der Waals surface area contributed by atoms with Crippen LogP contribution in [-0.2, 0) is 5.41 Å². The second-order valence-corrected chi connectivity index (χ2v) is 9.22. The Bertz CT molecular complexity index is 1200. The van der Waals surface area contributed by atoms with Gasteiger partial charge in [0.1, 0.15) is 0 Å². The van der Waals surface area contributed by atoms with E-state index in [1.165, 1.54) is 27.8 Å². The summed E-state index contributed by atoms with van der Waals surface area (Å²) in [6.07, 6.45) is 0. The van der Waals surface area contributed by atoms with Crippen LogP contribution in [0, 0.1) is 0 Å². The lowest BCUT2D eigenvalue weighted by molar-refractivity contribution is 0.537. The first kappa shape index (κ1) is 21.4. The van der Waals surface area contributed by atoms with Crippen LogP contribution in [0.1, 0.15) is 33.7 Å². The molecule has 0 amide bonds. The Balaban J connectivity index is 1.95. The third kappa shape index (κ3) is 4.05. The molecule has 0 unspecified atom stereocenters. The second kappa shape index (κ2) is 9.60. The highest BCUT2D eigenvalue weighted by atomic mass is 79.9. The summed E-state index contributed by atoms with van der Waals surface area (Å²) in [4.78, 5) is 0. The molecule has 0 radical (unpaired) electrons. The maximum Gasteiger partial charge on any atom is 0.0560 e. The molecule has 5 aromatic carbocycles. The van der Waals surface area contributed by atoms with E-state index in [9.17, 15) is 0 Å². The van der Waals surface area contributed by atoms with Crippen LogP contribution >= 0.6 is 15.9 Å². The quantitative estimate of drug-likeness (QED) is 0.210. The van der Waals surface area contributed by atoms with Gasteiger partial charge in [0, 0.05) is 10.4 Å². The Morgan fingerprint density at radius 3 is 1.24 bits per heavy atom. The zero-order valence-corrected chi connectivity index (χ0v) is 19.9. The Labute approximate surface area is 204 Å². The van der Waals surface area contributed by atoms with Crippen LogP contribution in [0.4, 0.5) is 0 Å². The fourth-order valence-corrected chi connectivity index (χ4v) is 5.54. The third-order valence-electron chi connectivity index (χ3n) is 6.44. The van der Waals surface area contributed by atoms with Gasteiger partial charge in [-0.05, 0) is 39.9 Å². The van der Waals surface area contributed by atoms with Gasteiger partial charge in [0.15, 0.2) is 0 Å². The lowest BCUT2D eigenvalue weighted by atomic mass is 9.58. The van der Waals surface area contributed by atoms with Crippen LogP contribution in [0.5, 0.6) is 0 Å². The molecule has 160 valence electrons. The monoisotopic (exact) mass is 488 g/mol. The van der Waals surface area contributed by atoms with Gasteiger partial charge in [-0.3, -0.25) is 0 Å². The number of hydrogen-bond acceptors (Lipinski definition) is 0. The second-order valence-electron chi connectivity index (χ2n) is 8.30. The van der Waals surface area contributed by atoms with Crippen LogP contribution in [0.15, 0.2) is 150 Å². The van der Waals surface area contributed by atoms with Gasteiger partial charge in [0.2, 0.25) is 0 Å². The van der Waals surface area contributed by atoms with Gasteiger partial charge in [-0.1, -0.05) is 149 Å². The van der Waals surface area contributed by atoms with Crippen molar-refractivity contribution in [1.29, 1.82) is 0 Å². The molecule has 0 N–H and O–H groups in total. The van der Waals surface area contributed by atoms with Crippen LogP contribution in [0.2, 0.25) is 0 Å². The molecule has 0 heterocycles. The molecule has 0 bridgehead atoms. The van der Waals surface area contributed by atoms with Gasteiger partial charge >= 0.3 is 0 Å². The Morgan fingerprint density at radius 1 is 0.424 bits per heavy atom. The molecule has 0 nitrogen and oxygen atoms in total. The van der Waals surface area contributed by atoms with Crippen molar-refractivity contribution >= 4 is 15.9 Å². The van der Waals surface area contributed by atoms with Crippen molar-refractivity contribution in [2.45, 2.75) is 11.3 Å². The Morgan fingerprint density at radius 2 is 0.818 bits per heavy atom. The summed E-state index contributed by atoms with van der Waals surface area (Å²) in [5.74, 6) is 0.0587. The van der Waals surface area contributed by atoms with Crippen LogP contribution in [-0.4, -0.2) is 0 Å². The average Bonchev–Trinajstić information content (AvgIpc) is 2.89. The SMILES string of the molecule is Brc1cccc([C@H](c2ccccc2)C(c2ccccc2)(c2ccccc2)c2ccccc2)c1. The first-order valence-corrected chi connectivity index (χ1v) is 12.1. The molecule has 0 aromatic heterocycles. The maximum atomic E-state index is 3.74. The summed E-state index contributed by atoms with van der Waals surface area (Å²) in [5, 5.41) is 0. The summed E-state index contributed by atoms with van der Waals surface area (Å²) in [6.45, 7) is 0. The standard InChI is InChI=1S/C32H25Br/c33-30-23-13-16-26(24-30)31(25-14-5-1-6-15-25)32(27-17-7-2-8-18-27,28-19-9-3-10-20-28)29-21-11-4-12-22-29/h1-24,31H/t31-/m0/s1. The molecule has 0 saturated heterocycles. The first-order chi connectivity index (χ1) is 16.3. The summed E-state index contributed by atoms with van der Waals surface area (Å²) in [7, 11) is 0. The van der Waals surface area contributed by atoms with E-state index in [0.717, 1.165) is 4.47 Å². The van der Waals surface area contributed by atoms with Crippen LogP contribution in [0.25, 0.3) is 0 Å². The topological polar surface area (TPSA) is 0 Å². The molecule has 1 heteroatoms. The highest BCUT2D eigenvalue weighted by molar-refractivity contribution is 9.10. The fourth-order valence-electron chi connectivity index (χ4n) is 5.13. The lowest BCUT2D eigenvalue weighted by Gasteiger charge is -2.43. The van der Waals surface area contributed by atoms with Crippen molar-refractivity contribution in [1.82, 2.24) is 0 Å². The smallest absolute Gasteiger partial charge is 0.0560 e. The van der Waals surface area contributed by atoms with Gasteiger partial charge < -0.3 is 0 Å². The van der Waals surface area contributed by atoms with E-state index in [0.29, 0.717) is 0 Å². The normalized spacial score (nSPS) is 12.3. The number of halogens is 1. The highest BCUT2D eigenvalue weighted by Crippen LogP contribution is 2.52. The molecule has 0 spiro atoms. The van der Waals surface area contributed by atoms with E-state index < -0.39 is 5.41 Å². The third-order valence-corrected chi connectivity index (χ3v) is 6.93. The van der Waals surface area contributed by atoms with Crippen LogP contribution < -0.4 is 0 Å². The molecule has 0 saturated carbocycles. The molecule has 0 aliphatic carbocycles. The summed E-state index contributed by atoms with van der Waals surface area (Å²) in [6, 6.07) is 52.5. The minimum atomic E-state index is -0.425. The van der Waals surface area contributed by atoms with Crippen molar-refractivity contribution in [3.8, 4) is 0 Å². The number of hydrogen-bond donors (Lipinski definition) is 0. The summed E-state index contributed by atoms with van der Waals surface area (Å²) < 4.78 is 1.09. The molecule has 0 fully saturated rings. The fraction of sp³-hybridized carbons (Fsp3) is 0.0625. The van der Waals surface area contributed by atoms with Crippen molar-refractivity contribution in [2.75, 3.05) is 0 Å². The minimum Gasteiger partial charge on any atom is -0.0622 e. The average molecular weight is 489 g/mol. The molecule has 1 atom stereocenters. The highest BCUT2D eigenvalue weighted by Gasteiger charge is 2.45. The van der Waals surface area contributed by atoms with E-state index in [1.807, 2.05) is 0 Å². The number of rotatable bonds is 6. The predicted octanol–water partition coefficient (Wildman–Crippen LogP) is 8.62. The summed E-state index contributed by atoms with van der Waals surface area (Å²) >= 11 is 3.74. The minimum absolute atomic E-state index is 0.0587. The van der Waals surface area contributed by atoms with Gasteiger partial charge in [-0.15, -0.1) is 0 Å². The van der Waals surface area contributed by atoms with Crippen molar-refractivity contribution in [2.24, 2.45) is 0 Å². The van der Waals surface area contributed by atoms with E-state index in [2.05, 4.69) is 162 Å². The molecule has 33 heavy (non-hydrogen) atoms. The lowest BCUT2D eigenvalue weighted by Crippen LogP contribution is -2.37. The zero-order valence-electron chi connectivity index (χ0n) is 18.3. The van der Waals surface area contributed by atoms with Gasteiger partial charge in [-0.2, -0.15) is 0 Å². The molecule has 0 aliphatic heterocycles. The molecule has 0 aliphatic rings. The maximum absolute atomic E-state index is 3.74. The van der Waals surface area contributed by atoms with E-state index in [4.69, 9.17) is 0 Å². The Hall–Kier alpha value is -3.42. The zero-order chi connectivity index (χ0) is 22.5. The van der Waals surface area contributed by atoms with Crippen molar-refractivity contribution in [3.63, 3.8) is 0 Å². The van der Waals surface area contributed by atoms with Crippen LogP contribution in [0.3, 0.4) is 0 Å². The first-order valence-electron chi connectivity index (χ1n) is 11.3. The number of benzene rings is 5. The molecular formula is C32H25Br. The van der Waals surface area contributed by atoms with E-state index in [1.54, 1.807) is 0 Å². The van der Waals surface area contributed by atoms with Gasteiger partial charge in [0.05, 0.1) is 5.41 Å². The van der Waals surface area contributed by atoms with Crippen molar-refractivity contribution < 1.29 is 0 Å². The predicted molar refractivity (Wildman–Crippen MR) is 142 cm³/mol. The van der Waals surface area contributed by atoms with E-state index in [-0.39, 0.29) is 5.92 Å². The Kier molecular flexibility index (Phi) is 6.24. The summed E-state index contributed by atoms with van der Waals surface area (Å²) in [5.41, 5.74) is 5.95. The molecule has 5 rings (SSSR count). The van der Waals surface area contributed by atoms with Gasteiger partial charge in [-0.25, -0.2) is 0 Å². The largest absolute Gasteiger partial charge is 0.0622 e. The molecular weight excluding hydrogens is 464 g/mol. The molecule has 5 aromatic rings. The van der Waals surface area contributed by atoms with E-state index >= 15 is 0 Å². The van der Waals surface area contributed by atoms with Crippen molar-refractivity contribution in [3.05, 3.63) is 178 Å².